The number of imidazole rings is 1. The smallest absolute Gasteiger partial charge is 0.182 e. The lowest BCUT2D eigenvalue weighted by molar-refractivity contribution is 0.487. The first-order valence-corrected chi connectivity index (χ1v) is 10.2. The summed E-state index contributed by atoms with van der Waals surface area (Å²) in [6, 6.07) is 8.07. The molecule has 30 heavy (non-hydrogen) atoms. The summed E-state index contributed by atoms with van der Waals surface area (Å²) in [6.07, 6.45) is 3.49. The van der Waals surface area contributed by atoms with E-state index in [4.69, 9.17) is 16.3 Å². The van der Waals surface area contributed by atoms with Crippen LogP contribution in [0.5, 0.6) is 11.5 Å². The molecule has 0 aliphatic carbocycles. The Balaban J connectivity index is 1.46. The highest BCUT2D eigenvalue weighted by atomic mass is 35.5. The van der Waals surface area contributed by atoms with E-state index in [2.05, 4.69) is 42.4 Å². The molecule has 1 aliphatic rings. The molecule has 0 atom stereocenters. The van der Waals surface area contributed by atoms with Gasteiger partial charge in [0.1, 0.15) is 22.1 Å². The van der Waals surface area contributed by atoms with Crippen LogP contribution in [0.1, 0.15) is 5.69 Å². The van der Waals surface area contributed by atoms with Crippen LogP contribution >= 0.6 is 11.6 Å². The van der Waals surface area contributed by atoms with Crippen molar-refractivity contribution in [2.45, 2.75) is 6.92 Å². The molecule has 0 saturated carbocycles. The minimum Gasteiger partial charge on any atom is -0.453 e. The summed E-state index contributed by atoms with van der Waals surface area (Å²) in [6.45, 7) is 5.95. The predicted octanol–water partition coefficient (Wildman–Crippen LogP) is 3.52. The Hall–Kier alpha value is -3.10. The summed E-state index contributed by atoms with van der Waals surface area (Å²) in [5.74, 6) is 1.90. The van der Waals surface area contributed by atoms with E-state index in [0.29, 0.717) is 33.5 Å². The third-order valence-electron chi connectivity index (χ3n) is 5.24. The largest absolute Gasteiger partial charge is 0.453 e. The lowest BCUT2D eigenvalue weighted by Crippen LogP contribution is -2.43. The Kier molecular flexibility index (Phi) is 4.80. The first kappa shape index (κ1) is 18.9. The van der Waals surface area contributed by atoms with Crippen LogP contribution < -0.4 is 15.0 Å². The molecular weight excluding hydrogens is 402 g/mol. The lowest BCUT2D eigenvalue weighted by Gasteiger charge is -2.29. The molecule has 1 aromatic carbocycles. The van der Waals surface area contributed by atoms with E-state index in [1.165, 1.54) is 5.69 Å². The molecule has 0 spiro atoms. The Labute approximate surface area is 178 Å². The number of hydrogen-bond donors (Lipinski definition) is 2. The fraction of sp³-hybridized carbons (Fsp3) is 0.286. The first-order chi connectivity index (χ1) is 14.6. The number of nitrogens with one attached hydrogen (secondary N) is 2. The zero-order valence-corrected chi connectivity index (χ0v) is 17.6. The number of aromatic amines is 1. The van der Waals surface area contributed by atoms with Crippen molar-refractivity contribution >= 4 is 28.5 Å². The molecule has 1 aliphatic heterocycles. The van der Waals surface area contributed by atoms with Crippen LogP contribution in [0.15, 0.2) is 36.7 Å². The van der Waals surface area contributed by atoms with E-state index in [9.17, 15) is 0 Å². The highest BCUT2D eigenvalue weighted by molar-refractivity contribution is 6.32. The topological polar surface area (TPSA) is 83.9 Å². The lowest BCUT2D eigenvalue weighted by atomic mass is 10.2. The zero-order valence-electron chi connectivity index (χ0n) is 16.8. The normalized spacial score (nSPS) is 14.4. The molecule has 0 bridgehead atoms. The number of aryl methyl sites for hydroxylation is 2. The standard InChI is InChI=1S/C21H22ClN7O/c1-13-16(12-28(2)27-13)20-25-18-19(17(22)11-24-21(18)26-20)30-15-5-3-14(4-6-15)29-9-7-23-8-10-29/h3-6,11-12,23H,7-10H2,1-2H3,(H,24,25,26). The van der Waals surface area contributed by atoms with Gasteiger partial charge in [-0.3, -0.25) is 4.68 Å². The predicted molar refractivity (Wildman–Crippen MR) is 117 cm³/mol. The maximum absolute atomic E-state index is 6.43. The number of anilines is 1. The van der Waals surface area contributed by atoms with Gasteiger partial charge in [-0.05, 0) is 31.2 Å². The number of H-pyrrole nitrogens is 1. The van der Waals surface area contributed by atoms with E-state index >= 15 is 0 Å². The third kappa shape index (κ3) is 3.48. The molecule has 1 fully saturated rings. The van der Waals surface area contributed by atoms with E-state index < -0.39 is 0 Å². The van der Waals surface area contributed by atoms with Gasteiger partial charge in [-0.25, -0.2) is 9.97 Å². The van der Waals surface area contributed by atoms with E-state index in [-0.39, 0.29) is 0 Å². The SMILES string of the molecule is Cc1nn(C)cc1-c1nc2ncc(Cl)c(Oc3ccc(N4CCNCC4)cc3)c2[nH]1. The van der Waals surface area contributed by atoms with Crippen molar-refractivity contribution in [3.8, 4) is 22.9 Å². The highest BCUT2D eigenvalue weighted by Crippen LogP contribution is 2.36. The second kappa shape index (κ2) is 7.62. The second-order valence-electron chi connectivity index (χ2n) is 7.35. The summed E-state index contributed by atoms with van der Waals surface area (Å²) in [4.78, 5) is 14.6. The fourth-order valence-corrected chi connectivity index (χ4v) is 3.92. The Morgan fingerprint density at radius 1 is 1.13 bits per heavy atom. The molecule has 5 rings (SSSR count). The average molecular weight is 424 g/mol. The molecule has 4 aromatic rings. The molecule has 0 unspecified atom stereocenters. The van der Waals surface area contributed by atoms with Crippen molar-refractivity contribution in [2.75, 3.05) is 31.1 Å². The fourth-order valence-electron chi connectivity index (χ4n) is 3.74. The summed E-state index contributed by atoms with van der Waals surface area (Å²) in [5, 5.41) is 8.17. The first-order valence-electron chi connectivity index (χ1n) is 9.87. The van der Waals surface area contributed by atoms with Crippen LogP contribution in [0, 0.1) is 6.92 Å². The summed E-state index contributed by atoms with van der Waals surface area (Å²) in [5.41, 5.74) is 4.19. The van der Waals surface area contributed by atoms with Crippen molar-refractivity contribution < 1.29 is 4.74 Å². The second-order valence-corrected chi connectivity index (χ2v) is 7.76. The molecule has 4 heterocycles. The van der Waals surface area contributed by atoms with Gasteiger partial charge in [-0.1, -0.05) is 11.6 Å². The molecule has 0 radical (unpaired) electrons. The van der Waals surface area contributed by atoms with Gasteiger partial charge in [0, 0.05) is 45.1 Å². The monoisotopic (exact) mass is 423 g/mol. The van der Waals surface area contributed by atoms with Crippen molar-refractivity contribution in [1.82, 2.24) is 30.0 Å². The highest BCUT2D eigenvalue weighted by Gasteiger charge is 2.18. The van der Waals surface area contributed by atoms with Crippen molar-refractivity contribution in [2.24, 2.45) is 7.05 Å². The minimum absolute atomic E-state index is 0.423. The van der Waals surface area contributed by atoms with Crippen LogP contribution in [-0.4, -0.2) is 50.9 Å². The van der Waals surface area contributed by atoms with Gasteiger partial charge in [0.15, 0.2) is 11.4 Å². The van der Waals surface area contributed by atoms with Gasteiger partial charge in [0.2, 0.25) is 0 Å². The van der Waals surface area contributed by atoms with Crippen LogP contribution in [0.3, 0.4) is 0 Å². The van der Waals surface area contributed by atoms with Gasteiger partial charge in [0.05, 0.1) is 17.5 Å². The summed E-state index contributed by atoms with van der Waals surface area (Å²) < 4.78 is 7.91. The minimum atomic E-state index is 0.423. The molecule has 9 heteroatoms. The number of ether oxygens (including phenoxy) is 1. The number of piperazine rings is 1. The number of halogens is 1. The third-order valence-corrected chi connectivity index (χ3v) is 5.51. The Morgan fingerprint density at radius 2 is 1.90 bits per heavy atom. The quantitative estimate of drug-likeness (QED) is 0.522. The molecule has 0 amide bonds. The van der Waals surface area contributed by atoms with Crippen molar-refractivity contribution in [1.29, 1.82) is 0 Å². The van der Waals surface area contributed by atoms with Crippen LogP contribution in [0.4, 0.5) is 5.69 Å². The maximum atomic E-state index is 6.43. The van der Waals surface area contributed by atoms with Gasteiger partial charge in [0.25, 0.3) is 0 Å². The van der Waals surface area contributed by atoms with Crippen LogP contribution in [0.2, 0.25) is 5.02 Å². The summed E-state index contributed by atoms with van der Waals surface area (Å²) in [7, 11) is 1.88. The number of pyridine rings is 1. The van der Waals surface area contributed by atoms with Crippen molar-refractivity contribution in [3.63, 3.8) is 0 Å². The molecule has 154 valence electrons. The van der Waals surface area contributed by atoms with Crippen molar-refractivity contribution in [3.05, 3.63) is 47.4 Å². The summed E-state index contributed by atoms with van der Waals surface area (Å²) >= 11 is 6.43. The maximum Gasteiger partial charge on any atom is 0.182 e. The van der Waals surface area contributed by atoms with E-state index in [1.807, 2.05) is 32.3 Å². The molecule has 3 aromatic heterocycles. The van der Waals surface area contributed by atoms with Gasteiger partial charge >= 0.3 is 0 Å². The number of fused-ring (bicyclic) bond motifs is 1. The number of hydrogen-bond acceptors (Lipinski definition) is 6. The van der Waals surface area contributed by atoms with Gasteiger partial charge in [-0.2, -0.15) is 5.10 Å². The average Bonchev–Trinajstić information content (AvgIpc) is 3.34. The van der Waals surface area contributed by atoms with Gasteiger partial charge in [-0.15, -0.1) is 0 Å². The molecule has 1 saturated heterocycles. The van der Waals surface area contributed by atoms with Crippen LogP contribution in [0.25, 0.3) is 22.6 Å². The van der Waals surface area contributed by atoms with E-state index in [1.54, 1.807) is 10.9 Å². The number of aromatic nitrogens is 5. The van der Waals surface area contributed by atoms with Gasteiger partial charge < -0.3 is 19.9 Å². The number of rotatable bonds is 4. The Bertz CT molecular complexity index is 1190. The number of nitrogens with zero attached hydrogens (tertiary/aromatic N) is 5. The number of benzene rings is 1. The zero-order chi connectivity index (χ0) is 20.7. The Morgan fingerprint density at radius 3 is 2.60 bits per heavy atom. The molecule has 8 nitrogen and oxygen atoms in total. The molecule has 2 N–H and O–H groups in total. The molecular formula is C21H22ClN7O. The van der Waals surface area contributed by atoms with E-state index in [0.717, 1.165) is 37.4 Å². The van der Waals surface area contributed by atoms with Crippen LogP contribution in [-0.2, 0) is 7.05 Å².